The maximum absolute atomic E-state index is 4.47. The molecular formula is C54H39N3. The molecule has 1 unspecified atom stereocenters. The number of anilines is 2. The third-order valence-electron chi connectivity index (χ3n) is 11.9. The quantitative estimate of drug-likeness (QED) is 0.159. The molecule has 0 amide bonds. The van der Waals surface area contributed by atoms with Crippen LogP contribution in [0.15, 0.2) is 189 Å². The highest BCUT2D eigenvalue weighted by Gasteiger charge is 2.28. The van der Waals surface area contributed by atoms with Crippen molar-refractivity contribution >= 4 is 68.2 Å². The summed E-state index contributed by atoms with van der Waals surface area (Å²) in [6.45, 7) is 8.50. The lowest BCUT2D eigenvalue weighted by Gasteiger charge is -2.34. The minimum absolute atomic E-state index is 0.0776. The highest BCUT2D eigenvalue weighted by molar-refractivity contribution is 6.15. The van der Waals surface area contributed by atoms with Gasteiger partial charge in [0.2, 0.25) is 0 Å². The fraction of sp³-hybridized carbons (Fsp3) is 0.0370. The van der Waals surface area contributed by atoms with Gasteiger partial charge in [-0.05, 0) is 94.9 Å². The minimum atomic E-state index is 0.0776. The van der Waals surface area contributed by atoms with Crippen LogP contribution in [0.5, 0.6) is 0 Å². The number of para-hydroxylation sites is 3. The molecule has 3 aromatic heterocycles. The number of hydrogen-bond acceptors (Lipinski definition) is 1. The van der Waals surface area contributed by atoms with Crippen molar-refractivity contribution in [3.63, 3.8) is 0 Å². The Labute approximate surface area is 331 Å². The number of rotatable bonds is 7. The van der Waals surface area contributed by atoms with Gasteiger partial charge >= 0.3 is 0 Å². The Morgan fingerprint density at radius 2 is 1.18 bits per heavy atom. The lowest BCUT2D eigenvalue weighted by atomic mass is 9.94. The predicted octanol–water partition coefficient (Wildman–Crippen LogP) is 12.1. The maximum atomic E-state index is 4.47. The maximum Gasteiger partial charge on any atom is 0.0620 e. The fourth-order valence-corrected chi connectivity index (χ4v) is 9.32. The second kappa shape index (κ2) is 13.1. The Hall–Kier alpha value is -7.36. The van der Waals surface area contributed by atoms with E-state index in [4.69, 9.17) is 0 Å². The molecule has 0 bridgehead atoms. The van der Waals surface area contributed by atoms with Crippen molar-refractivity contribution in [1.82, 2.24) is 8.97 Å². The monoisotopic (exact) mass is 729 g/mol. The van der Waals surface area contributed by atoms with Gasteiger partial charge in [-0.3, -0.25) is 0 Å². The second-order valence-electron chi connectivity index (χ2n) is 15.0. The van der Waals surface area contributed by atoms with E-state index in [0.29, 0.717) is 0 Å². The van der Waals surface area contributed by atoms with Crippen molar-refractivity contribution in [2.75, 3.05) is 4.90 Å². The fourth-order valence-electron chi connectivity index (χ4n) is 9.32. The van der Waals surface area contributed by atoms with Crippen molar-refractivity contribution in [2.45, 2.75) is 12.5 Å². The first-order valence-electron chi connectivity index (χ1n) is 19.7. The normalized spacial score (nSPS) is 14.2. The summed E-state index contributed by atoms with van der Waals surface area (Å²) in [6.07, 6.45) is 9.55. The van der Waals surface area contributed by atoms with Crippen molar-refractivity contribution < 1.29 is 0 Å². The van der Waals surface area contributed by atoms with Crippen LogP contribution in [0.3, 0.4) is 0 Å². The first-order chi connectivity index (χ1) is 28.2. The Morgan fingerprint density at radius 1 is 0.561 bits per heavy atom. The SMILES string of the molecule is C=CC=c1c(=C)c2cccc3c4cc(N(c5ccc(-c6ccc(-c7ccccc7)cc6)cc5)C5C=Cc6c(c7ccccc7n6-c6ccccc6)C5)ccc4n1c23. The molecule has 270 valence electrons. The van der Waals surface area contributed by atoms with E-state index in [1.54, 1.807) is 0 Å². The average Bonchev–Trinajstić information content (AvgIpc) is 3.89. The summed E-state index contributed by atoms with van der Waals surface area (Å²) in [5.74, 6) is 0. The molecule has 0 saturated heterocycles. The zero-order valence-electron chi connectivity index (χ0n) is 31.5. The molecule has 1 aliphatic rings. The van der Waals surface area contributed by atoms with E-state index in [0.717, 1.165) is 28.4 Å². The predicted molar refractivity (Wildman–Crippen MR) is 242 cm³/mol. The van der Waals surface area contributed by atoms with Crippen LogP contribution in [0, 0.1) is 0 Å². The molecule has 11 rings (SSSR count). The third kappa shape index (κ3) is 5.20. The van der Waals surface area contributed by atoms with Gasteiger partial charge in [-0.1, -0.05) is 147 Å². The molecule has 3 heterocycles. The highest BCUT2D eigenvalue weighted by atomic mass is 15.2. The Balaban J connectivity index is 1.06. The molecule has 0 saturated carbocycles. The molecule has 3 heteroatoms. The first-order valence-corrected chi connectivity index (χ1v) is 19.7. The van der Waals surface area contributed by atoms with E-state index >= 15 is 0 Å². The van der Waals surface area contributed by atoms with Gasteiger partial charge in [0, 0.05) is 49.5 Å². The van der Waals surface area contributed by atoms with E-state index < -0.39 is 0 Å². The minimum Gasteiger partial charge on any atom is -0.334 e. The number of allylic oxidation sites excluding steroid dienone is 1. The standard InChI is InChI=1S/C54H39N3/c1-3-13-50-36(2)45-19-12-20-47-49-35-44(31-33-53(49)57(50)54(45)47)55(42-28-26-40(27-29-42)39-24-22-38(23-25-39)37-14-6-4-7-15-37)43-30-32-52-48(34-43)46-18-10-11-21-51(46)56(52)41-16-8-5-9-17-41/h3-33,35,43H,1-2,34H2. The van der Waals surface area contributed by atoms with Crippen molar-refractivity contribution in [1.29, 1.82) is 0 Å². The topological polar surface area (TPSA) is 12.6 Å². The van der Waals surface area contributed by atoms with Gasteiger partial charge in [-0.25, -0.2) is 0 Å². The first kappa shape index (κ1) is 33.0. The molecule has 10 aromatic rings. The smallest absolute Gasteiger partial charge is 0.0620 e. The van der Waals surface area contributed by atoms with Gasteiger partial charge in [-0.2, -0.15) is 0 Å². The van der Waals surface area contributed by atoms with Gasteiger partial charge < -0.3 is 13.9 Å². The van der Waals surface area contributed by atoms with Gasteiger partial charge in [0.25, 0.3) is 0 Å². The van der Waals surface area contributed by atoms with E-state index in [2.05, 4.69) is 215 Å². The van der Waals surface area contributed by atoms with Gasteiger partial charge in [0.1, 0.15) is 0 Å². The Bertz CT molecular complexity index is 3280. The van der Waals surface area contributed by atoms with Gasteiger partial charge in [-0.15, -0.1) is 0 Å². The molecule has 0 spiro atoms. The second-order valence-corrected chi connectivity index (χ2v) is 15.0. The molecule has 1 aliphatic carbocycles. The van der Waals surface area contributed by atoms with Crippen molar-refractivity contribution in [3.05, 3.63) is 210 Å². The van der Waals surface area contributed by atoms with Crippen LogP contribution in [0.2, 0.25) is 0 Å². The summed E-state index contributed by atoms with van der Waals surface area (Å²) in [6, 6.07) is 61.8. The zero-order chi connectivity index (χ0) is 38.0. The van der Waals surface area contributed by atoms with E-state index in [9.17, 15) is 0 Å². The van der Waals surface area contributed by atoms with Crippen molar-refractivity contribution in [3.8, 4) is 27.9 Å². The molecule has 3 nitrogen and oxygen atoms in total. The number of benzene rings is 7. The largest absolute Gasteiger partial charge is 0.334 e. The molecular weight excluding hydrogens is 691 g/mol. The van der Waals surface area contributed by atoms with Crippen LogP contribution in [-0.4, -0.2) is 15.0 Å². The van der Waals surface area contributed by atoms with Crippen LogP contribution < -0.4 is 15.5 Å². The van der Waals surface area contributed by atoms with Crippen LogP contribution in [-0.2, 0) is 6.42 Å². The van der Waals surface area contributed by atoms with E-state index in [-0.39, 0.29) is 6.04 Å². The number of nitrogens with zero attached hydrogens (tertiary/aromatic N) is 3. The lowest BCUT2D eigenvalue weighted by molar-refractivity contribution is 0.767. The van der Waals surface area contributed by atoms with Gasteiger partial charge in [0.05, 0.1) is 27.9 Å². The summed E-state index contributed by atoms with van der Waals surface area (Å²) < 4.78 is 4.78. The number of fused-ring (bicyclic) bond motifs is 6. The summed E-state index contributed by atoms with van der Waals surface area (Å²) >= 11 is 0. The molecule has 0 radical (unpaired) electrons. The van der Waals surface area contributed by atoms with Crippen LogP contribution in [0.25, 0.3) is 84.8 Å². The van der Waals surface area contributed by atoms with Gasteiger partial charge in [0.15, 0.2) is 0 Å². The summed E-state index contributed by atoms with van der Waals surface area (Å²) in [4.78, 5) is 2.54. The highest BCUT2D eigenvalue weighted by Crippen LogP contribution is 2.41. The molecule has 0 fully saturated rings. The lowest BCUT2D eigenvalue weighted by Crippen LogP contribution is -2.33. The molecule has 1 atom stereocenters. The molecule has 0 N–H and O–H groups in total. The summed E-state index contributed by atoms with van der Waals surface area (Å²) in [5, 5.41) is 7.07. The van der Waals surface area contributed by atoms with Crippen molar-refractivity contribution in [2.24, 2.45) is 0 Å². The van der Waals surface area contributed by atoms with E-state index in [1.165, 1.54) is 77.3 Å². The number of aromatic nitrogens is 2. The van der Waals surface area contributed by atoms with Crippen LogP contribution in [0.4, 0.5) is 11.4 Å². The van der Waals surface area contributed by atoms with E-state index in [1.807, 2.05) is 6.08 Å². The molecule has 0 aliphatic heterocycles. The van der Waals surface area contributed by atoms with Crippen LogP contribution >= 0.6 is 0 Å². The summed E-state index contributed by atoms with van der Waals surface area (Å²) in [7, 11) is 0. The summed E-state index contributed by atoms with van der Waals surface area (Å²) in [5.41, 5.74) is 14.6. The molecule has 7 aromatic carbocycles. The Kier molecular flexibility index (Phi) is 7.61. The van der Waals surface area contributed by atoms with Crippen LogP contribution in [0.1, 0.15) is 11.3 Å². The number of hydrogen-bond donors (Lipinski definition) is 0. The Morgan fingerprint density at radius 3 is 1.91 bits per heavy atom. The zero-order valence-corrected chi connectivity index (χ0v) is 31.5. The molecule has 57 heavy (non-hydrogen) atoms. The third-order valence-corrected chi connectivity index (χ3v) is 11.9. The average molecular weight is 730 g/mol.